The molecule has 8 heteroatoms. The number of carbonyl (C=O) groups is 2. The number of alkyl halides is 2. The molecule has 3 rings (SSSR count). The Labute approximate surface area is 232 Å². The van der Waals surface area contributed by atoms with Crippen LogP contribution in [-0.4, -0.2) is 72.0 Å². The molecule has 0 aromatic heterocycles. The fourth-order valence-corrected chi connectivity index (χ4v) is 5.39. The molecular formula is C31H47F2N3O3. The van der Waals surface area contributed by atoms with Crippen molar-refractivity contribution in [2.75, 3.05) is 32.7 Å². The average molecular weight is 548 g/mol. The summed E-state index contributed by atoms with van der Waals surface area (Å²) < 4.78 is 32.5. The first-order valence-corrected chi connectivity index (χ1v) is 14.4. The second-order valence-corrected chi connectivity index (χ2v) is 12.4. The van der Waals surface area contributed by atoms with Crippen LogP contribution in [0.25, 0.3) is 12.3 Å². The van der Waals surface area contributed by atoms with Gasteiger partial charge in [0.05, 0.1) is 12.5 Å². The van der Waals surface area contributed by atoms with Gasteiger partial charge in [0.2, 0.25) is 0 Å². The van der Waals surface area contributed by atoms with Crippen LogP contribution in [0.4, 0.5) is 8.78 Å². The molecule has 218 valence electrons. The molecule has 2 aliphatic heterocycles. The van der Waals surface area contributed by atoms with Crippen molar-refractivity contribution in [3.8, 4) is 0 Å². The van der Waals surface area contributed by atoms with Gasteiger partial charge in [0.25, 0.3) is 11.8 Å². The summed E-state index contributed by atoms with van der Waals surface area (Å²) in [5.41, 5.74) is 1.01. The number of fused-ring (bicyclic) bond motifs is 1. The number of ether oxygens (including phenoxy) is 1. The number of carbonyl (C=O) groups excluding carboxylic acids is 2. The molecule has 2 aliphatic rings. The van der Waals surface area contributed by atoms with Crippen LogP contribution in [0.2, 0.25) is 0 Å². The maximum Gasteiger partial charge on any atom is 0.309 e. The molecule has 3 atom stereocenters. The molecule has 1 saturated heterocycles. The fraction of sp³-hybridized carbons (Fsp3) is 0.677. The van der Waals surface area contributed by atoms with E-state index in [2.05, 4.69) is 36.3 Å². The van der Waals surface area contributed by atoms with E-state index in [1.54, 1.807) is 4.90 Å². The van der Waals surface area contributed by atoms with Crippen LogP contribution < -0.4 is 15.8 Å². The molecule has 1 amide bonds. The zero-order valence-electron chi connectivity index (χ0n) is 24.8. The zero-order valence-corrected chi connectivity index (χ0v) is 24.8. The zero-order chi connectivity index (χ0) is 29.0. The van der Waals surface area contributed by atoms with Crippen molar-refractivity contribution in [2.45, 2.75) is 91.7 Å². The quantitative estimate of drug-likeness (QED) is 0.448. The number of hydrogen-bond acceptors (Lipinski definition) is 5. The lowest BCUT2D eigenvalue weighted by Gasteiger charge is -2.32. The fourth-order valence-electron chi connectivity index (χ4n) is 5.39. The average Bonchev–Trinajstić information content (AvgIpc) is 3.10. The van der Waals surface area contributed by atoms with E-state index in [0.29, 0.717) is 31.1 Å². The van der Waals surface area contributed by atoms with Gasteiger partial charge < -0.3 is 15.0 Å². The number of nitrogens with one attached hydrogen (secondary N) is 1. The number of halogens is 2. The van der Waals surface area contributed by atoms with E-state index < -0.39 is 11.5 Å². The normalized spacial score (nSPS) is 20.7. The topological polar surface area (TPSA) is 61.9 Å². The molecule has 1 fully saturated rings. The Bertz CT molecular complexity index is 1140. The van der Waals surface area contributed by atoms with Gasteiger partial charge >= 0.3 is 5.97 Å². The van der Waals surface area contributed by atoms with E-state index >= 15 is 0 Å². The smallest absolute Gasteiger partial charge is 0.309 e. The van der Waals surface area contributed by atoms with Gasteiger partial charge in [-0.25, -0.2) is 8.78 Å². The lowest BCUT2D eigenvalue weighted by atomic mass is 9.92. The van der Waals surface area contributed by atoms with Gasteiger partial charge in [0.15, 0.2) is 0 Å². The van der Waals surface area contributed by atoms with Gasteiger partial charge in [-0.1, -0.05) is 32.4 Å². The van der Waals surface area contributed by atoms with Crippen molar-refractivity contribution >= 4 is 24.2 Å². The van der Waals surface area contributed by atoms with Crippen LogP contribution in [0.3, 0.4) is 0 Å². The third-order valence-electron chi connectivity index (χ3n) is 7.84. The first-order chi connectivity index (χ1) is 18.2. The van der Waals surface area contributed by atoms with Gasteiger partial charge in [-0.2, -0.15) is 0 Å². The van der Waals surface area contributed by atoms with Gasteiger partial charge in [-0.15, -0.1) is 0 Å². The Balaban J connectivity index is 1.72. The summed E-state index contributed by atoms with van der Waals surface area (Å²) in [5.74, 6) is -2.83. The highest BCUT2D eigenvalue weighted by molar-refractivity contribution is 5.95. The van der Waals surface area contributed by atoms with Gasteiger partial charge in [-0.05, 0) is 70.2 Å². The summed E-state index contributed by atoms with van der Waals surface area (Å²) in [4.78, 5) is 29.7. The summed E-state index contributed by atoms with van der Waals surface area (Å²) in [5, 5.41) is 5.05. The second kappa shape index (κ2) is 12.8. The van der Waals surface area contributed by atoms with Gasteiger partial charge in [0, 0.05) is 55.6 Å². The summed E-state index contributed by atoms with van der Waals surface area (Å²) in [6.07, 6.45) is 6.86. The standard InChI is InChI=1S/C31H47F2N3O3/c1-8-24(17-21(2)29(38)39-30(5,6)7)18-36-19-27-23(4)26(12-11-25(27)10-9-22(36)3)28(37)34-14-16-35-15-13-31(32,33)20-35/h10-12,19,21-22,24H,8-9,13-18,20H2,1-7H3,(H,34,37). The number of rotatable bonds is 10. The number of nitrogens with zero attached hydrogens (tertiary/aromatic N) is 2. The molecular weight excluding hydrogens is 500 g/mol. The molecule has 0 saturated carbocycles. The SMILES string of the molecule is CCC(CC(C)C(=O)OC(C)(C)C)CN1C=c2c(C)c(C(=O)NCCN3CCC(F)(F)C3)ccc2=CCC1C. The van der Waals surface area contributed by atoms with E-state index in [-0.39, 0.29) is 36.8 Å². The molecule has 0 radical (unpaired) electrons. The minimum Gasteiger partial charge on any atom is -0.460 e. The third kappa shape index (κ3) is 8.75. The van der Waals surface area contributed by atoms with Crippen LogP contribution in [0.1, 0.15) is 83.1 Å². The summed E-state index contributed by atoms with van der Waals surface area (Å²) >= 11 is 0. The Morgan fingerprint density at radius 2 is 1.97 bits per heavy atom. The number of amides is 1. The van der Waals surface area contributed by atoms with Crippen molar-refractivity contribution in [3.05, 3.63) is 33.7 Å². The number of likely N-dealkylation sites (tertiary alicyclic amines) is 1. The highest BCUT2D eigenvalue weighted by Gasteiger charge is 2.37. The highest BCUT2D eigenvalue weighted by atomic mass is 19.3. The van der Waals surface area contributed by atoms with Crippen LogP contribution in [0.5, 0.6) is 0 Å². The Hall–Kier alpha value is -2.48. The minimum absolute atomic E-state index is 0.120. The van der Waals surface area contributed by atoms with Crippen molar-refractivity contribution < 1.29 is 23.1 Å². The van der Waals surface area contributed by atoms with Crippen molar-refractivity contribution in [1.29, 1.82) is 0 Å². The van der Waals surface area contributed by atoms with E-state index in [9.17, 15) is 18.4 Å². The van der Waals surface area contributed by atoms with Crippen LogP contribution in [0.15, 0.2) is 12.1 Å². The first kappa shape index (κ1) is 31.1. The third-order valence-corrected chi connectivity index (χ3v) is 7.84. The molecule has 3 unspecified atom stereocenters. The largest absolute Gasteiger partial charge is 0.460 e. The molecule has 0 aliphatic carbocycles. The van der Waals surface area contributed by atoms with Gasteiger partial charge in [-0.3, -0.25) is 14.5 Å². The molecule has 0 spiro atoms. The van der Waals surface area contributed by atoms with Crippen LogP contribution >= 0.6 is 0 Å². The molecule has 1 aromatic rings. The lowest BCUT2D eigenvalue weighted by molar-refractivity contribution is -0.160. The molecule has 1 aromatic carbocycles. The van der Waals surface area contributed by atoms with E-state index in [4.69, 9.17) is 4.74 Å². The van der Waals surface area contributed by atoms with E-state index in [1.807, 2.05) is 46.8 Å². The maximum absolute atomic E-state index is 13.4. The van der Waals surface area contributed by atoms with Crippen molar-refractivity contribution in [1.82, 2.24) is 15.1 Å². The van der Waals surface area contributed by atoms with Crippen LogP contribution in [-0.2, 0) is 9.53 Å². The Kier molecular flexibility index (Phi) is 10.2. The highest BCUT2D eigenvalue weighted by Crippen LogP contribution is 2.26. The number of esters is 1. The van der Waals surface area contributed by atoms with Crippen molar-refractivity contribution in [3.63, 3.8) is 0 Å². The van der Waals surface area contributed by atoms with Crippen molar-refractivity contribution in [2.24, 2.45) is 11.8 Å². The molecule has 39 heavy (non-hydrogen) atoms. The summed E-state index contributed by atoms with van der Waals surface area (Å²) in [6.45, 7) is 15.6. The van der Waals surface area contributed by atoms with E-state index in [0.717, 1.165) is 41.8 Å². The second-order valence-electron chi connectivity index (χ2n) is 12.4. The predicted molar refractivity (Wildman–Crippen MR) is 152 cm³/mol. The summed E-state index contributed by atoms with van der Waals surface area (Å²) in [7, 11) is 0. The number of hydrogen-bond donors (Lipinski definition) is 1. The monoisotopic (exact) mass is 547 g/mol. The summed E-state index contributed by atoms with van der Waals surface area (Å²) in [6, 6.07) is 4.13. The maximum atomic E-state index is 13.4. The lowest BCUT2D eigenvalue weighted by Crippen LogP contribution is -2.38. The predicted octanol–water partition coefficient (Wildman–Crippen LogP) is 4.07. The first-order valence-electron chi connectivity index (χ1n) is 14.4. The molecule has 0 bridgehead atoms. The molecule has 6 nitrogen and oxygen atoms in total. The Morgan fingerprint density at radius 1 is 1.26 bits per heavy atom. The van der Waals surface area contributed by atoms with Crippen LogP contribution in [0, 0.1) is 18.8 Å². The Morgan fingerprint density at radius 3 is 2.59 bits per heavy atom. The molecule has 2 heterocycles. The van der Waals surface area contributed by atoms with E-state index in [1.165, 1.54) is 0 Å². The number of benzene rings is 1. The minimum atomic E-state index is -2.63. The van der Waals surface area contributed by atoms with Gasteiger partial charge in [0.1, 0.15) is 5.60 Å². The molecule has 1 N–H and O–H groups in total.